The quantitative estimate of drug-likeness (QED) is 0.453. The zero-order valence-electron chi connectivity index (χ0n) is 11.4. The van der Waals surface area contributed by atoms with Crippen LogP contribution in [0.4, 0.5) is 0 Å². The van der Waals surface area contributed by atoms with Gasteiger partial charge in [-0.15, -0.1) is 11.9 Å². The number of fused-ring (bicyclic) bond motifs is 1. The molecule has 2 heterocycles. The fraction of sp³-hybridized carbons (Fsp3) is 0.833. The summed E-state index contributed by atoms with van der Waals surface area (Å²) in [5, 5.41) is 2.29. The predicted octanol–water partition coefficient (Wildman–Crippen LogP) is 2.66. The minimum absolute atomic E-state index is 0.342. The van der Waals surface area contributed by atoms with Crippen LogP contribution in [0.3, 0.4) is 0 Å². The van der Waals surface area contributed by atoms with E-state index in [2.05, 4.69) is 59.2 Å². The highest BCUT2D eigenvalue weighted by Crippen LogP contribution is 2.80. The van der Waals surface area contributed by atoms with Crippen molar-refractivity contribution in [2.75, 3.05) is 20.4 Å². The molecule has 15 heavy (non-hydrogen) atoms. The molecule has 0 aromatic carbocycles. The van der Waals surface area contributed by atoms with E-state index in [-0.39, 0.29) is 8.96 Å². The van der Waals surface area contributed by atoms with Gasteiger partial charge in [-0.1, -0.05) is 25.6 Å². The van der Waals surface area contributed by atoms with Crippen molar-refractivity contribution in [1.29, 1.82) is 0 Å². The van der Waals surface area contributed by atoms with Crippen LogP contribution in [0.2, 0.25) is 5.04 Å². The smallest absolute Gasteiger partial charge is 0.130 e. The van der Waals surface area contributed by atoms with Gasteiger partial charge in [0, 0.05) is 21.2 Å². The second-order valence-electron chi connectivity index (χ2n) is 6.23. The predicted molar refractivity (Wildman–Crippen MR) is 74.5 cm³/mol. The lowest BCUT2D eigenvalue weighted by Crippen LogP contribution is -2.37. The molecule has 0 spiro atoms. The molecule has 1 fully saturated rings. The van der Waals surface area contributed by atoms with Crippen LogP contribution in [0.15, 0.2) is 0 Å². The molecule has 0 saturated carbocycles. The lowest BCUT2D eigenvalue weighted by molar-refractivity contribution is -0.347. The van der Waals surface area contributed by atoms with Crippen LogP contribution in [-0.2, 0) is 0 Å². The van der Waals surface area contributed by atoms with E-state index in [4.69, 9.17) is 0 Å². The average Bonchev–Trinajstić information content (AvgIpc) is 2.58. The first-order valence-electron chi connectivity index (χ1n) is 5.74. The maximum Gasteiger partial charge on any atom is 0.130 e. The van der Waals surface area contributed by atoms with Gasteiger partial charge in [0.2, 0.25) is 0 Å². The number of hydrogen-bond donors (Lipinski definition) is 0. The van der Waals surface area contributed by atoms with E-state index in [1.165, 1.54) is 0 Å². The van der Waals surface area contributed by atoms with Crippen LogP contribution in [0, 0.1) is 0 Å². The van der Waals surface area contributed by atoms with E-state index in [9.17, 15) is 0 Å². The summed E-state index contributed by atoms with van der Waals surface area (Å²) in [4.78, 5) is 0. The van der Waals surface area contributed by atoms with Crippen molar-refractivity contribution in [3.63, 3.8) is 0 Å². The fourth-order valence-electron chi connectivity index (χ4n) is 3.66. The normalized spacial score (nSPS) is 36.8. The third-order valence-electron chi connectivity index (χ3n) is 5.53. The van der Waals surface area contributed by atoms with Crippen molar-refractivity contribution in [1.82, 2.24) is 0 Å². The fourth-order valence-corrected chi connectivity index (χ4v) is 15.4. The number of rotatable bonds is 0. The Bertz CT molecular complexity index is 427. The first-order valence-corrected chi connectivity index (χ1v) is 9.87. The molecule has 2 aliphatic rings. The molecule has 1 unspecified atom stereocenters. The first kappa shape index (κ1) is 11.7. The third kappa shape index (κ3) is 0.988. The summed E-state index contributed by atoms with van der Waals surface area (Å²) in [6.45, 7) is 16.5. The van der Waals surface area contributed by atoms with Gasteiger partial charge >= 0.3 is 0 Å². The van der Waals surface area contributed by atoms with Gasteiger partial charge in [-0.3, -0.25) is 0 Å². The molecule has 2 aliphatic heterocycles. The second kappa shape index (κ2) is 2.71. The van der Waals surface area contributed by atoms with Crippen LogP contribution in [0.25, 0.3) is 0 Å². The molecule has 2 rings (SSSR count). The molecule has 0 aromatic heterocycles. The summed E-state index contributed by atoms with van der Waals surface area (Å²) >= 11 is 0. The Kier molecular flexibility index (Phi) is 2.11. The zero-order chi connectivity index (χ0) is 11.8. The van der Waals surface area contributed by atoms with Gasteiger partial charge in [0.05, 0.1) is 7.05 Å². The highest BCUT2D eigenvalue weighted by atomic mass is 31.2. The summed E-state index contributed by atoms with van der Waals surface area (Å²) in [7, 11) is 1.98. The monoisotopic (exact) mass is 241 g/mol. The van der Waals surface area contributed by atoms with Crippen LogP contribution < -0.4 is 0 Å². The third-order valence-corrected chi connectivity index (χ3v) is 16.8. The minimum Gasteiger partial charge on any atom is -0.431 e. The maximum absolute atomic E-state index is 2.63. The van der Waals surface area contributed by atoms with Crippen LogP contribution in [0.1, 0.15) is 34.6 Å². The summed E-state index contributed by atoms with van der Waals surface area (Å²) in [6, 6.07) is 0. The van der Waals surface area contributed by atoms with E-state index in [1.807, 2.05) is 0 Å². The molecule has 1 nitrogen and oxygen atoms in total. The summed E-state index contributed by atoms with van der Waals surface area (Å²) in [5.41, 5.74) is 1.57. The lowest BCUT2D eigenvalue weighted by Gasteiger charge is -2.38. The Morgan fingerprint density at radius 3 is 2.07 bits per heavy atom. The number of hydrogen-bond acceptors (Lipinski definition) is 0. The molecular formula is C12H24NPSi. The molecule has 0 aliphatic carbocycles. The van der Waals surface area contributed by atoms with Gasteiger partial charge in [-0.05, 0) is 20.3 Å². The van der Waals surface area contributed by atoms with E-state index in [0.29, 0.717) is 9.82 Å². The SMILES string of the molecule is CC1=[N+](C)[Si-]2C(C)(C)C2(C)P(C)(C)=C1C. The van der Waals surface area contributed by atoms with E-state index in [0.717, 1.165) is 0 Å². The Hall–Kier alpha value is 0.187. The van der Waals surface area contributed by atoms with Crippen molar-refractivity contribution < 1.29 is 4.24 Å². The van der Waals surface area contributed by atoms with Crippen LogP contribution in [0.5, 0.6) is 0 Å². The van der Waals surface area contributed by atoms with Gasteiger partial charge in [0.1, 0.15) is 5.71 Å². The molecule has 86 valence electrons. The van der Waals surface area contributed by atoms with Gasteiger partial charge in [0.15, 0.2) is 0 Å². The Balaban J connectivity index is 2.76. The summed E-state index contributed by atoms with van der Waals surface area (Å²) in [6.07, 6.45) is 0. The largest absolute Gasteiger partial charge is 0.431 e. The van der Waals surface area contributed by atoms with Crippen LogP contribution >= 0.6 is 6.89 Å². The van der Waals surface area contributed by atoms with Crippen LogP contribution in [-0.4, -0.2) is 49.4 Å². The summed E-state index contributed by atoms with van der Waals surface area (Å²) < 4.78 is 3.27. The lowest BCUT2D eigenvalue weighted by atomic mass is 10.1. The van der Waals surface area contributed by atoms with Gasteiger partial charge in [-0.2, -0.15) is 0 Å². The molecule has 0 aromatic rings. The molecule has 0 amide bonds. The standard InChI is InChI=1S/C12H24NPSi/c1-9-10(2)14(7,8)12(5)11(3,4)15(12)13(9)6/h1-8H3. The van der Waals surface area contributed by atoms with Gasteiger partial charge in [-0.25, -0.2) is 0 Å². The Morgan fingerprint density at radius 2 is 1.60 bits per heavy atom. The van der Waals surface area contributed by atoms with Crippen molar-refractivity contribution >= 4 is 26.8 Å². The first-order chi connectivity index (χ1) is 6.60. The van der Waals surface area contributed by atoms with Crippen molar-refractivity contribution in [3.8, 4) is 0 Å². The van der Waals surface area contributed by atoms with Crippen molar-refractivity contribution in [2.45, 2.75) is 44.4 Å². The zero-order valence-corrected chi connectivity index (χ0v) is 13.3. The number of nitrogens with zero attached hydrogens (tertiary/aromatic N) is 1. The van der Waals surface area contributed by atoms with Crippen molar-refractivity contribution in [3.05, 3.63) is 0 Å². The molecule has 0 bridgehead atoms. The van der Waals surface area contributed by atoms with E-state index in [1.54, 1.807) is 11.0 Å². The topological polar surface area (TPSA) is 3.01 Å². The average molecular weight is 241 g/mol. The molecule has 0 radical (unpaired) electrons. The second-order valence-corrected chi connectivity index (χ2v) is 14.7. The Labute approximate surface area is 96.2 Å². The van der Waals surface area contributed by atoms with Gasteiger partial charge in [0.25, 0.3) is 0 Å². The molecule has 0 N–H and O–H groups in total. The molecule has 1 saturated heterocycles. The molecule has 1 atom stereocenters. The highest BCUT2D eigenvalue weighted by molar-refractivity contribution is 7.81. The highest BCUT2D eigenvalue weighted by Gasteiger charge is 2.68. The van der Waals surface area contributed by atoms with E-state index >= 15 is 0 Å². The van der Waals surface area contributed by atoms with E-state index < -0.39 is 6.89 Å². The summed E-state index contributed by atoms with van der Waals surface area (Å²) in [5.74, 6) is 0. The Morgan fingerprint density at radius 1 is 1.13 bits per heavy atom. The minimum atomic E-state index is -0.888. The maximum atomic E-state index is 2.63. The molecule has 3 heteroatoms. The van der Waals surface area contributed by atoms with Crippen molar-refractivity contribution in [2.24, 2.45) is 0 Å². The molecular weight excluding hydrogens is 217 g/mol. The van der Waals surface area contributed by atoms with Gasteiger partial charge < -0.3 is 4.24 Å².